The van der Waals surface area contributed by atoms with Gasteiger partial charge in [0.2, 0.25) is 5.91 Å². The minimum Gasteiger partial charge on any atom is -0.393 e. The number of hydrogen-bond acceptors (Lipinski definition) is 3. The molecule has 3 aliphatic carbocycles. The van der Waals surface area contributed by atoms with Crippen molar-refractivity contribution in [2.24, 2.45) is 28.6 Å². The van der Waals surface area contributed by atoms with Crippen LogP contribution in [0.25, 0.3) is 0 Å². The Morgan fingerprint density at radius 2 is 2.00 bits per heavy atom. The predicted octanol–water partition coefficient (Wildman–Crippen LogP) is 2.31. The highest BCUT2D eigenvalue weighted by Crippen LogP contribution is 2.64. The Morgan fingerprint density at radius 3 is 2.74 bits per heavy atom. The first-order chi connectivity index (χ1) is 10.8. The fourth-order valence-electron chi connectivity index (χ4n) is 6.69. The van der Waals surface area contributed by atoms with Crippen LogP contribution in [0.5, 0.6) is 0 Å². The molecule has 2 saturated carbocycles. The Bertz CT molecular complexity index is 573. The Balaban J connectivity index is 1.76. The molecule has 23 heavy (non-hydrogen) atoms. The third-order valence-corrected chi connectivity index (χ3v) is 7.90. The fourth-order valence-corrected chi connectivity index (χ4v) is 6.69. The van der Waals surface area contributed by atoms with E-state index in [0.717, 1.165) is 31.4 Å². The second-order valence-electron chi connectivity index (χ2n) is 8.86. The highest BCUT2D eigenvalue weighted by atomic mass is 16.3. The van der Waals surface area contributed by atoms with Crippen LogP contribution in [0.3, 0.4) is 0 Å². The Morgan fingerprint density at radius 1 is 1.26 bits per heavy atom. The van der Waals surface area contributed by atoms with Gasteiger partial charge in [0, 0.05) is 24.6 Å². The minimum absolute atomic E-state index is 0.111. The molecular formula is C19H29NO3. The molecule has 0 aromatic rings. The van der Waals surface area contributed by atoms with Gasteiger partial charge in [-0.25, -0.2) is 0 Å². The molecule has 6 unspecified atom stereocenters. The lowest BCUT2D eigenvalue weighted by molar-refractivity contribution is -0.151. The van der Waals surface area contributed by atoms with Crippen molar-refractivity contribution in [3.05, 3.63) is 11.8 Å². The molecule has 4 aliphatic rings. The molecule has 0 radical (unpaired) electrons. The summed E-state index contributed by atoms with van der Waals surface area (Å²) in [5.41, 5.74) is 0.870. The molecule has 2 N–H and O–H groups in total. The maximum absolute atomic E-state index is 12.1. The SMILES string of the molecule is CN1C(=O)CCC2(C)C1=CCC1C2C(O)CC2(C)C1CC[C@@H]2O. The molecule has 128 valence electrons. The van der Waals surface area contributed by atoms with Crippen LogP contribution >= 0.6 is 0 Å². The van der Waals surface area contributed by atoms with Gasteiger partial charge < -0.3 is 15.1 Å². The van der Waals surface area contributed by atoms with E-state index in [1.807, 2.05) is 11.9 Å². The average Bonchev–Trinajstić information content (AvgIpc) is 2.78. The van der Waals surface area contributed by atoms with E-state index in [2.05, 4.69) is 19.9 Å². The lowest BCUT2D eigenvalue weighted by Crippen LogP contribution is -2.58. The summed E-state index contributed by atoms with van der Waals surface area (Å²) in [6.45, 7) is 4.42. The second-order valence-corrected chi connectivity index (χ2v) is 8.86. The third kappa shape index (κ3) is 1.88. The molecule has 7 atom stereocenters. The number of likely N-dealkylation sites (tertiary alicyclic amines) is 1. The molecule has 0 spiro atoms. The molecule has 4 rings (SSSR count). The maximum atomic E-state index is 12.1. The van der Waals surface area contributed by atoms with Crippen molar-refractivity contribution >= 4 is 5.91 Å². The normalized spacial score (nSPS) is 52.6. The smallest absolute Gasteiger partial charge is 0.226 e. The Hall–Kier alpha value is -0.870. The predicted molar refractivity (Wildman–Crippen MR) is 87.3 cm³/mol. The molecule has 1 amide bonds. The summed E-state index contributed by atoms with van der Waals surface area (Å²) in [6, 6.07) is 0. The van der Waals surface area contributed by atoms with Crippen molar-refractivity contribution in [2.75, 3.05) is 7.05 Å². The zero-order valence-corrected chi connectivity index (χ0v) is 14.5. The van der Waals surface area contributed by atoms with Gasteiger partial charge in [-0.2, -0.15) is 0 Å². The van der Waals surface area contributed by atoms with Gasteiger partial charge >= 0.3 is 0 Å². The van der Waals surface area contributed by atoms with E-state index in [-0.39, 0.29) is 34.9 Å². The molecule has 1 aliphatic heterocycles. The van der Waals surface area contributed by atoms with E-state index in [1.54, 1.807) is 0 Å². The zero-order chi connectivity index (χ0) is 16.6. The van der Waals surface area contributed by atoms with Crippen LogP contribution in [0.4, 0.5) is 0 Å². The minimum atomic E-state index is -0.385. The number of rotatable bonds is 0. The molecule has 1 saturated heterocycles. The summed E-state index contributed by atoms with van der Waals surface area (Å²) in [5, 5.41) is 21.5. The molecule has 0 aromatic carbocycles. The highest BCUT2D eigenvalue weighted by Gasteiger charge is 2.62. The van der Waals surface area contributed by atoms with Crippen molar-refractivity contribution in [1.82, 2.24) is 4.90 Å². The number of aliphatic hydroxyl groups is 2. The molecule has 4 nitrogen and oxygen atoms in total. The van der Waals surface area contributed by atoms with Crippen LogP contribution in [0, 0.1) is 28.6 Å². The van der Waals surface area contributed by atoms with E-state index in [0.29, 0.717) is 24.7 Å². The summed E-state index contributed by atoms with van der Waals surface area (Å²) < 4.78 is 0. The van der Waals surface area contributed by atoms with Gasteiger partial charge in [0.25, 0.3) is 0 Å². The van der Waals surface area contributed by atoms with Crippen LogP contribution in [0.1, 0.15) is 52.4 Å². The van der Waals surface area contributed by atoms with Gasteiger partial charge in [0.1, 0.15) is 0 Å². The number of hydrogen-bond donors (Lipinski definition) is 2. The topological polar surface area (TPSA) is 60.8 Å². The summed E-state index contributed by atoms with van der Waals surface area (Å²) in [5.74, 6) is 1.32. The summed E-state index contributed by atoms with van der Waals surface area (Å²) in [4.78, 5) is 13.9. The van der Waals surface area contributed by atoms with Gasteiger partial charge in [0.15, 0.2) is 0 Å². The summed E-state index contributed by atoms with van der Waals surface area (Å²) in [6.07, 6.45) is 6.56. The quantitative estimate of drug-likeness (QED) is 0.720. The van der Waals surface area contributed by atoms with Gasteiger partial charge in [-0.1, -0.05) is 19.9 Å². The van der Waals surface area contributed by atoms with Gasteiger partial charge in [-0.3, -0.25) is 4.79 Å². The van der Waals surface area contributed by atoms with Crippen molar-refractivity contribution in [3.63, 3.8) is 0 Å². The Kier molecular flexibility index (Phi) is 3.28. The van der Waals surface area contributed by atoms with E-state index in [1.165, 1.54) is 0 Å². The lowest BCUT2D eigenvalue weighted by atomic mass is 9.48. The number of amides is 1. The van der Waals surface area contributed by atoms with Crippen molar-refractivity contribution < 1.29 is 15.0 Å². The van der Waals surface area contributed by atoms with Crippen LogP contribution in [0.15, 0.2) is 11.8 Å². The number of nitrogens with zero attached hydrogens (tertiary/aromatic N) is 1. The van der Waals surface area contributed by atoms with Crippen LogP contribution in [-0.4, -0.2) is 40.3 Å². The van der Waals surface area contributed by atoms with Gasteiger partial charge in [0.05, 0.1) is 12.2 Å². The number of allylic oxidation sites excluding steroid dienone is 2. The largest absolute Gasteiger partial charge is 0.393 e. The molecule has 4 heteroatoms. The number of aliphatic hydroxyl groups excluding tert-OH is 2. The monoisotopic (exact) mass is 319 g/mol. The maximum Gasteiger partial charge on any atom is 0.226 e. The van der Waals surface area contributed by atoms with E-state index < -0.39 is 0 Å². The van der Waals surface area contributed by atoms with E-state index in [9.17, 15) is 15.0 Å². The molecule has 0 bridgehead atoms. The van der Waals surface area contributed by atoms with E-state index >= 15 is 0 Å². The lowest BCUT2D eigenvalue weighted by Gasteiger charge is -2.59. The first-order valence-electron chi connectivity index (χ1n) is 9.12. The Labute approximate surface area is 138 Å². The van der Waals surface area contributed by atoms with Crippen LogP contribution in [0.2, 0.25) is 0 Å². The fraction of sp³-hybridized carbons (Fsp3) is 0.842. The first kappa shape index (κ1) is 15.6. The molecule has 1 heterocycles. The van der Waals surface area contributed by atoms with Gasteiger partial charge in [-0.05, 0) is 55.3 Å². The second kappa shape index (κ2) is 4.82. The number of carbonyl (C=O) groups excluding carboxylic acids is 1. The first-order valence-corrected chi connectivity index (χ1v) is 9.12. The van der Waals surface area contributed by atoms with Crippen molar-refractivity contribution in [1.29, 1.82) is 0 Å². The van der Waals surface area contributed by atoms with Crippen molar-refractivity contribution in [3.8, 4) is 0 Å². The standard InChI is InChI=1S/C19H29NO3/c1-18-9-8-16(23)20(3)14(18)6-4-11-12-5-7-15(22)19(12,2)10-13(21)17(11)18/h6,11-13,15,17,21-22H,4-5,7-10H2,1-3H3/t11?,12?,13?,15-,17?,18?,19?/m0/s1. The summed E-state index contributed by atoms with van der Waals surface area (Å²) in [7, 11) is 1.88. The third-order valence-electron chi connectivity index (χ3n) is 7.90. The average molecular weight is 319 g/mol. The van der Waals surface area contributed by atoms with Gasteiger partial charge in [-0.15, -0.1) is 0 Å². The number of fused-ring (bicyclic) bond motifs is 5. The number of piperidine rings is 1. The van der Waals surface area contributed by atoms with Crippen molar-refractivity contribution in [2.45, 2.75) is 64.6 Å². The van der Waals surface area contributed by atoms with E-state index in [4.69, 9.17) is 0 Å². The molecular weight excluding hydrogens is 290 g/mol. The summed E-state index contributed by atoms with van der Waals surface area (Å²) >= 11 is 0. The molecule has 0 aromatic heterocycles. The number of carbonyl (C=O) groups is 1. The highest BCUT2D eigenvalue weighted by molar-refractivity contribution is 5.79. The molecule has 3 fully saturated rings. The zero-order valence-electron chi connectivity index (χ0n) is 14.5. The van der Waals surface area contributed by atoms with Crippen LogP contribution < -0.4 is 0 Å². The van der Waals surface area contributed by atoms with Crippen LogP contribution in [-0.2, 0) is 4.79 Å².